The molecule has 0 aliphatic carbocycles. The number of imidazole rings is 1. The normalized spacial score (nSPS) is 31.5. The van der Waals surface area contributed by atoms with Crippen LogP contribution in [-0.4, -0.2) is 86.9 Å². The van der Waals surface area contributed by atoms with E-state index in [9.17, 15) is 14.8 Å². The summed E-state index contributed by atoms with van der Waals surface area (Å²) < 4.78 is 18.2. The second-order valence-corrected chi connectivity index (χ2v) is 8.91. The molecule has 0 aromatic carbocycles. The molecule has 26 heavy (non-hydrogen) atoms. The number of hydrogen-bond donors (Lipinski definition) is 2. The molecule has 1 amide bonds. The third-order valence-corrected chi connectivity index (χ3v) is 5.83. The van der Waals surface area contributed by atoms with Crippen LogP contribution in [0.5, 0.6) is 0 Å². The van der Waals surface area contributed by atoms with Gasteiger partial charge in [-0.05, 0) is 0 Å². The Morgan fingerprint density at radius 3 is 2.92 bits per heavy atom. The van der Waals surface area contributed by atoms with E-state index in [-0.39, 0.29) is 18.2 Å². The summed E-state index contributed by atoms with van der Waals surface area (Å²) in [5.74, 6) is -0.303. The van der Waals surface area contributed by atoms with Gasteiger partial charge in [-0.2, -0.15) is 0 Å². The Bertz CT molecular complexity index is 863. The minimum absolute atomic E-state index is 0.128. The molecule has 0 saturated carbocycles. The zero-order chi connectivity index (χ0) is 18.6. The van der Waals surface area contributed by atoms with Crippen molar-refractivity contribution >= 4 is 32.5 Å². The van der Waals surface area contributed by atoms with Crippen molar-refractivity contribution < 1.29 is 28.6 Å². The summed E-state index contributed by atoms with van der Waals surface area (Å²) in [5.41, 5.74) is 0.840. The molecule has 13 heteroatoms. The zero-order valence-corrected chi connectivity index (χ0v) is 15.4. The van der Waals surface area contributed by atoms with Crippen LogP contribution in [0.1, 0.15) is 16.7 Å². The summed E-state index contributed by atoms with van der Waals surface area (Å²) in [6.07, 6.45) is -0.416. The van der Waals surface area contributed by atoms with E-state index < -0.39 is 32.4 Å². The molecule has 2 saturated heterocycles. The molecule has 2 fully saturated rings. The predicted molar refractivity (Wildman–Crippen MR) is 93.2 cm³/mol. The number of amides is 1. The number of hydrogen-bond acceptors (Lipinski definition) is 9. The van der Waals surface area contributed by atoms with Crippen LogP contribution in [0.4, 0.5) is 0 Å². The Kier molecular flexibility index (Phi) is 4.22. The minimum atomic E-state index is -3.26. The zero-order valence-electron chi connectivity index (χ0n) is 14.4. The number of aliphatic hydroxyl groups is 1. The second-order valence-electron chi connectivity index (χ2n) is 6.59. The third kappa shape index (κ3) is 2.79. The van der Waals surface area contributed by atoms with E-state index in [4.69, 9.17) is 13.8 Å². The van der Waals surface area contributed by atoms with Crippen LogP contribution in [0.2, 0.25) is 0 Å². The van der Waals surface area contributed by atoms with Crippen LogP contribution < -0.4 is 0 Å². The topological polar surface area (TPSA) is 132 Å². The Morgan fingerprint density at radius 1 is 1.42 bits per heavy atom. The van der Waals surface area contributed by atoms with Crippen molar-refractivity contribution in [3.8, 4) is 0 Å². The van der Waals surface area contributed by atoms with E-state index in [0.29, 0.717) is 11.2 Å². The van der Waals surface area contributed by atoms with Crippen LogP contribution >= 0.6 is 7.82 Å². The van der Waals surface area contributed by atoms with Crippen LogP contribution in [0, 0.1) is 0 Å². The average molecular weight is 383 g/mol. The van der Waals surface area contributed by atoms with Gasteiger partial charge in [0.2, 0.25) is 0 Å². The van der Waals surface area contributed by atoms with Crippen molar-refractivity contribution in [2.45, 2.75) is 24.5 Å². The number of aliphatic hydroxyl groups excluding tert-OH is 1. The van der Waals surface area contributed by atoms with Crippen LogP contribution in [0.25, 0.3) is 11.2 Å². The molecule has 4 rings (SSSR count). The molecule has 2 aromatic rings. The molecule has 2 aliphatic heterocycles. The number of aromatic nitrogens is 4. The summed E-state index contributed by atoms with van der Waals surface area (Å²) in [6.45, 7) is 0.128. The first-order chi connectivity index (χ1) is 12.3. The summed E-state index contributed by atoms with van der Waals surface area (Å²) >= 11 is 0. The number of carbonyl (C=O) groups is 1. The van der Waals surface area contributed by atoms with Gasteiger partial charge in [0.05, 0.1) is 0 Å². The predicted octanol–water partition coefficient (Wildman–Crippen LogP) is -1.76. The first kappa shape index (κ1) is 17.7. The SMILES string of the molecule is B[PH]1(O)OC[C@H]2O[C@@H](n3cnc4c(C(=O)N(C)C)ncnc43)C(O)[C@H]2O1. The van der Waals surface area contributed by atoms with Gasteiger partial charge < -0.3 is 0 Å². The summed E-state index contributed by atoms with van der Waals surface area (Å²) in [4.78, 5) is 36.1. The fourth-order valence-electron chi connectivity index (χ4n) is 3.16. The Labute approximate surface area is 149 Å². The maximum absolute atomic E-state index is 12.3. The molecule has 0 spiro atoms. The van der Waals surface area contributed by atoms with Gasteiger partial charge in [0.15, 0.2) is 0 Å². The van der Waals surface area contributed by atoms with Crippen molar-refractivity contribution in [3.05, 3.63) is 18.3 Å². The van der Waals surface area contributed by atoms with E-state index in [1.54, 1.807) is 14.1 Å². The van der Waals surface area contributed by atoms with Crippen molar-refractivity contribution in [3.63, 3.8) is 0 Å². The average Bonchev–Trinajstić information content (AvgIpc) is 3.15. The Hall–Kier alpha value is -1.69. The van der Waals surface area contributed by atoms with Crippen molar-refractivity contribution in [1.82, 2.24) is 24.4 Å². The molecule has 2 aromatic heterocycles. The summed E-state index contributed by atoms with van der Waals surface area (Å²) in [5, 5.41) is 10.7. The summed E-state index contributed by atoms with van der Waals surface area (Å²) in [6, 6.07) is 0. The van der Waals surface area contributed by atoms with Gasteiger partial charge in [0.25, 0.3) is 0 Å². The van der Waals surface area contributed by atoms with Crippen molar-refractivity contribution in [2.24, 2.45) is 0 Å². The van der Waals surface area contributed by atoms with Gasteiger partial charge in [-0.25, -0.2) is 0 Å². The molecule has 2 N–H and O–H groups in total. The number of ether oxygens (including phenoxy) is 1. The second kappa shape index (κ2) is 6.19. The molecular formula is C13H19BN5O6P. The number of fused-ring (bicyclic) bond motifs is 2. The molecule has 4 heterocycles. The molecule has 140 valence electrons. The fourth-order valence-corrected chi connectivity index (χ4v) is 4.50. The maximum atomic E-state index is 12.3. The molecule has 2 aliphatic rings. The van der Waals surface area contributed by atoms with Crippen LogP contribution in [0.3, 0.4) is 0 Å². The third-order valence-electron chi connectivity index (χ3n) is 4.42. The van der Waals surface area contributed by atoms with E-state index in [1.165, 1.54) is 29.7 Å². The summed E-state index contributed by atoms with van der Waals surface area (Å²) in [7, 11) is 1.46. The van der Waals surface area contributed by atoms with E-state index in [0.717, 1.165) is 0 Å². The quantitative estimate of drug-likeness (QED) is 0.457. The molecule has 1 unspecified atom stereocenters. The molecule has 0 radical (unpaired) electrons. The van der Waals surface area contributed by atoms with Crippen molar-refractivity contribution in [1.29, 1.82) is 0 Å². The van der Waals surface area contributed by atoms with Gasteiger partial charge in [0, 0.05) is 0 Å². The van der Waals surface area contributed by atoms with Gasteiger partial charge >= 0.3 is 149 Å². The van der Waals surface area contributed by atoms with E-state index in [1.807, 2.05) is 0 Å². The molecular weight excluding hydrogens is 364 g/mol. The monoisotopic (exact) mass is 383 g/mol. The first-order valence-electron chi connectivity index (χ1n) is 8.05. The van der Waals surface area contributed by atoms with Gasteiger partial charge in [0.1, 0.15) is 0 Å². The number of nitrogens with zero attached hydrogens (tertiary/aromatic N) is 5. The standard InChI is InChI=1S/C13H19BN5O6P/c1-18(2)12(21)8-7-11(16-4-15-8)19(5-17-7)13-9(20)10-6(24-13)3-23-26(14,22)25-10/h4-6,9-10,13,20,22,26H,3,14H2,1-2H3/t6-,9?,10+,13-/m1/s1. The molecule has 4 atom stereocenters. The van der Waals surface area contributed by atoms with Crippen LogP contribution in [0.15, 0.2) is 12.7 Å². The molecule has 0 bridgehead atoms. The van der Waals surface area contributed by atoms with Crippen LogP contribution in [-0.2, 0) is 13.8 Å². The first-order valence-corrected chi connectivity index (χ1v) is 10.3. The number of rotatable bonds is 2. The Morgan fingerprint density at radius 2 is 2.19 bits per heavy atom. The van der Waals surface area contributed by atoms with Gasteiger partial charge in [-0.3, -0.25) is 0 Å². The fraction of sp³-hybridized carbons (Fsp3) is 0.538. The number of carbonyl (C=O) groups excluding carboxylic acids is 1. The van der Waals surface area contributed by atoms with Gasteiger partial charge in [-0.15, -0.1) is 0 Å². The van der Waals surface area contributed by atoms with E-state index in [2.05, 4.69) is 15.0 Å². The van der Waals surface area contributed by atoms with Crippen molar-refractivity contribution in [2.75, 3.05) is 20.7 Å². The van der Waals surface area contributed by atoms with E-state index >= 15 is 0 Å². The Balaban J connectivity index is 1.70. The van der Waals surface area contributed by atoms with Gasteiger partial charge in [-0.1, -0.05) is 0 Å². The molecule has 11 nitrogen and oxygen atoms in total.